The highest BCUT2D eigenvalue weighted by molar-refractivity contribution is 5.72. The Kier molecular flexibility index (Phi) is 4.17. The summed E-state index contributed by atoms with van der Waals surface area (Å²) in [7, 11) is 0. The predicted octanol–water partition coefficient (Wildman–Crippen LogP) is 2.94. The van der Waals surface area contributed by atoms with Crippen molar-refractivity contribution in [3.05, 3.63) is 46.5 Å². The van der Waals surface area contributed by atoms with Crippen molar-refractivity contribution in [2.24, 2.45) is 0 Å². The lowest BCUT2D eigenvalue weighted by molar-refractivity contribution is 0.231. The zero-order chi connectivity index (χ0) is 17.4. The van der Waals surface area contributed by atoms with E-state index in [-0.39, 0.29) is 17.7 Å². The standard InChI is InChI=1S/C18H22N4O3/c1-12(2)17-19-16(20-25-17)14-7-5-9-21(14)10-11-22-13-6-3-4-8-15(13)24-18(22)23/h3-4,6,8,12,14H,5,7,9-11H2,1-2H3/t14-/m0/s1. The van der Waals surface area contributed by atoms with Crippen molar-refractivity contribution in [2.75, 3.05) is 13.1 Å². The molecule has 0 aliphatic carbocycles. The largest absolute Gasteiger partial charge is 0.419 e. The Morgan fingerprint density at radius 2 is 2.12 bits per heavy atom. The molecule has 0 radical (unpaired) electrons. The molecule has 0 unspecified atom stereocenters. The lowest BCUT2D eigenvalue weighted by atomic mass is 10.2. The molecule has 0 bridgehead atoms. The van der Waals surface area contributed by atoms with E-state index in [1.54, 1.807) is 4.57 Å². The number of benzene rings is 1. The highest BCUT2D eigenvalue weighted by Gasteiger charge is 2.30. The zero-order valence-electron chi connectivity index (χ0n) is 14.5. The van der Waals surface area contributed by atoms with Crippen LogP contribution < -0.4 is 5.76 Å². The Morgan fingerprint density at radius 3 is 2.92 bits per heavy atom. The van der Waals surface area contributed by atoms with Crippen LogP contribution in [0.1, 0.15) is 50.4 Å². The molecule has 1 aliphatic heterocycles. The minimum atomic E-state index is -0.307. The van der Waals surface area contributed by atoms with Gasteiger partial charge in [0, 0.05) is 19.0 Å². The highest BCUT2D eigenvalue weighted by atomic mass is 16.5. The summed E-state index contributed by atoms with van der Waals surface area (Å²) in [5.74, 6) is 1.36. The quantitative estimate of drug-likeness (QED) is 0.709. The molecule has 1 atom stereocenters. The van der Waals surface area contributed by atoms with Crippen molar-refractivity contribution in [3.8, 4) is 0 Å². The first-order valence-electron chi connectivity index (χ1n) is 8.79. The lowest BCUT2D eigenvalue weighted by Gasteiger charge is -2.21. The fourth-order valence-electron chi connectivity index (χ4n) is 3.46. The molecule has 3 heterocycles. The monoisotopic (exact) mass is 342 g/mol. The smallest absolute Gasteiger partial charge is 0.408 e. The first-order chi connectivity index (χ1) is 12.1. The number of likely N-dealkylation sites (tertiary alicyclic amines) is 1. The molecule has 7 nitrogen and oxygen atoms in total. The number of oxazole rings is 1. The minimum Gasteiger partial charge on any atom is -0.408 e. The molecule has 1 saturated heterocycles. The number of fused-ring (bicyclic) bond motifs is 1. The number of rotatable bonds is 5. The van der Waals surface area contributed by atoms with E-state index in [2.05, 4.69) is 15.0 Å². The molecule has 2 aromatic heterocycles. The maximum atomic E-state index is 12.1. The van der Waals surface area contributed by atoms with Crippen molar-refractivity contribution in [1.29, 1.82) is 0 Å². The Labute approximate surface area is 145 Å². The van der Waals surface area contributed by atoms with Crippen molar-refractivity contribution in [2.45, 2.75) is 45.2 Å². The molecule has 1 aliphatic rings. The van der Waals surface area contributed by atoms with Crippen LogP contribution in [0.5, 0.6) is 0 Å². The van der Waals surface area contributed by atoms with Crippen LogP contribution >= 0.6 is 0 Å². The summed E-state index contributed by atoms with van der Waals surface area (Å²) in [5.41, 5.74) is 1.47. The second kappa shape index (κ2) is 6.48. The van der Waals surface area contributed by atoms with Gasteiger partial charge in [0.1, 0.15) is 0 Å². The van der Waals surface area contributed by atoms with Crippen LogP contribution in [0, 0.1) is 0 Å². The number of hydrogen-bond acceptors (Lipinski definition) is 6. The fraction of sp³-hybridized carbons (Fsp3) is 0.500. The zero-order valence-corrected chi connectivity index (χ0v) is 14.5. The van der Waals surface area contributed by atoms with Gasteiger partial charge in [0.05, 0.1) is 11.6 Å². The molecular formula is C18H22N4O3. The summed E-state index contributed by atoms with van der Waals surface area (Å²) in [5, 5.41) is 4.17. The van der Waals surface area contributed by atoms with Gasteiger partial charge < -0.3 is 8.94 Å². The van der Waals surface area contributed by atoms with Crippen molar-refractivity contribution < 1.29 is 8.94 Å². The first-order valence-corrected chi connectivity index (χ1v) is 8.79. The summed E-state index contributed by atoms with van der Waals surface area (Å²) in [4.78, 5) is 19.0. The first kappa shape index (κ1) is 16.1. The van der Waals surface area contributed by atoms with Gasteiger partial charge in [-0.1, -0.05) is 31.1 Å². The van der Waals surface area contributed by atoms with Crippen LogP contribution in [0.3, 0.4) is 0 Å². The van der Waals surface area contributed by atoms with Gasteiger partial charge in [-0.25, -0.2) is 4.79 Å². The predicted molar refractivity (Wildman–Crippen MR) is 92.4 cm³/mol. The third-order valence-electron chi connectivity index (χ3n) is 4.80. The number of hydrogen-bond donors (Lipinski definition) is 0. The summed E-state index contributed by atoms with van der Waals surface area (Å²) < 4.78 is 12.4. The maximum Gasteiger partial charge on any atom is 0.419 e. The van der Waals surface area contributed by atoms with Gasteiger partial charge in [-0.05, 0) is 31.5 Å². The van der Waals surface area contributed by atoms with Gasteiger partial charge in [0.15, 0.2) is 11.4 Å². The Morgan fingerprint density at radius 1 is 1.28 bits per heavy atom. The van der Waals surface area contributed by atoms with Crippen LogP contribution in [-0.4, -0.2) is 32.7 Å². The summed E-state index contributed by atoms with van der Waals surface area (Å²) in [6.45, 7) is 6.39. The Balaban J connectivity index is 1.51. The van der Waals surface area contributed by atoms with E-state index in [9.17, 15) is 4.79 Å². The normalized spacial score (nSPS) is 18.6. The fourth-order valence-corrected chi connectivity index (χ4v) is 3.46. The molecule has 4 rings (SSSR count). The molecule has 25 heavy (non-hydrogen) atoms. The van der Waals surface area contributed by atoms with Gasteiger partial charge in [-0.2, -0.15) is 4.98 Å². The van der Waals surface area contributed by atoms with Crippen molar-refractivity contribution in [1.82, 2.24) is 19.6 Å². The number of para-hydroxylation sites is 2. The maximum absolute atomic E-state index is 12.1. The molecule has 3 aromatic rings. The van der Waals surface area contributed by atoms with Crippen molar-refractivity contribution >= 4 is 11.1 Å². The third-order valence-corrected chi connectivity index (χ3v) is 4.80. The summed E-state index contributed by atoms with van der Waals surface area (Å²) in [6, 6.07) is 7.67. The average molecular weight is 342 g/mol. The number of aromatic nitrogens is 3. The number of nitrogens with zero attached hydrogens (tertiary/aromatic N) is 4. The van der Waals surface area contributed by atoms with E-state index < -0.39 is 0 Å². The van der Waals surface area contributed by atoms with E-state index in [1.807, 2.05) is 38.1 Å². The van der Waals surface area contributed by atoms with Crippen LogP contribution in [0.2, 0.25) is 0 Å². The van der Waals surface area contributed by atoms with E-state index in [4.69, 9.17) is 8.94 Å². The van der Waals surface area contributed by atoms with E-state index in [1.165, 1.54) is 0 Å². The van der Waals surface area contributed by atoms with E-state index >= 15 is 0 Å². The topological polar surface area (TPSA) is 77.3 Å². The van der Waals surface area contributed by atoms with Crippen LogP contribution in [-0.2, 0) is 6.54 Å². The van der Waals surface area contributed by atoms with Crippen LogP contribution in [0.25, 0.3) is 11.1 Å². The molecule has 7 heteroatoms. The van der Waals surface area contributed by atoms with Crippen molar-refractivity contribution in [3.63, 3.8) is 0 Å². The van der Waals surface area contributed by atoms with Crippen LogP contribution in [0.15, 0.2) is 38.0 Å². The third kappa shape index (κ3) is 3.00. The Bertz CT molecular complexity index is 924. The molecule has 1 aromatic carbocycles. The van der Waals surface area contributed by atoms with E-state index in [0.717, 1.165) is 37.3 Å². The second-order valence-corrected chi connectivity index (χ2v) is 6.83. The molecule has 0 spiro atoms. The Hall–Kier alpha value is -2.41. The van der Waals surface area contributed by atoms with Gasteiger partial charge >= 0.3 is 5.76 Å². The van der Waals surface area contributed by atoms with Gasteiger partial charge in [0.2, 0.25) is 5.89 Å². The van der Waals surface area contributed by atoms with Gasteiger partial charge in [-0.3, -0.25) is 9.47 Å². The molecular weight excluding hydrogens is 320 g/mol. The molecule has 1 fully saturated rings. The van der Waals surface area contributed by atoms with Gasteiger partial charge in [0.25, 0.3) is 0 Å². The average Bonchev–Trinajstić information content (AvgIpc) is 3.30. The molecule has 0 saturated carbocycles. The van der Waals surface area contributed by atoms with Gasteiger partial charge in [-0.15, -0.1) is 0 Å². The lowest BCUT2D eigenvalue weighted by Crippen LogP contribution is -2.30. The molecule has 0 N–H and O–H groups in total. The van der Waals surface area contributed by atoms with Crippen LogP contribution in [0.4, 0.5) is 0 Å². The summed E-state index contributed by atoms with van der Waals surface area (Å²) >= 11 is 0. The molecule has 132 valence electrons. The second-order valence-electron chi connectivity index (χ2n) is 6.83. The minimum absolute atomic E-state index is 0.158. The SMILES string of the molecule is CC(C)c1nc([C@@H]2CCCN2CCn2c(=O)oc3ccccc32)no1. The highest BCUT2D eigenvalue weighted by Crippen LogP contribution is 2.30. The summed E-state index contributed by atoms with van der Waals surface area (Å²) in [6.07, 6.45) is 2.11. The van der Waals surface area contributed by atoms with E-state index in [0.29, 0.717) is 18.0 Å². The molecule has 0 amide bonds.